The van der Waals surface area contributed by atoms with E-state index in [4.69, 9.17) is 16.2 Å². The third-order valence-electron chi connectivity index (χ3n) is 2.64. The fraction of sp³-hybridized carbons (Fsp3) is 0.231. The SMILES string of the molecule is CC(C)c1cc(O)ccc1Oc1cnc(N)nc1N. The van der Waals surface area contributed by atoms with Gasteiger partial charge in [-0.3, -0.25) is 0 Å². The number of anilines is 2. The van der Waals surface area contributed by atoms with E-state index in [0.717, 1.165) is 5.56 Å². The van der Waals surface area contributed by atoms with Crippen LogP contribution in [0.2, 0.25) is 0 Å². The molecule has 0 aliphatic rings. The lowest BCUT2D eigenvalue weighted by atomic mass is 10.0. The Kier molecular flexibility index (Phi) is 3.41. The molecule has 0 fully saturated rings. The van der Waals surface area contributed by atoms with E-state index in [2.05, 4.69) is 9.97 Å². The van der Waals surface area contributed by atoms with Gasteiger partial charge in [0.1, 0.15) is 11.5 Å². The van der Waals surface area contributed by atoms with Gasteiger partial charge in [0.2, 0.25) is 5.95 Å². The van der Waals surface area contributed by atoms with Gasteiger partial charge in [-0.2, -0.15) is 4.98 Å². The van der Waals surface area contributed by atoms with Gasteiger partial charge in [0.25, 0.3) is 0 Å². The Morgan fingerprint density at radius 1 is 1.21 bits per heavy atom. The molecular formula is C13H16N4O2. The average Bonchev–Trinajstić information content (AvgIpc) is 2.34. The molecule has 6 nitrogen and oxygen atoms in total. The van der Waals surface area contributed by atoms with Crippen molar-refractivity contribution in [3.05, 3.63) is 30.0 Å². The minimum absolute atomic E-state index is 0.0969. The quantitative estimate of drug-likeness (QED) is 0.781. The van der Waals surface area contributed by atoms with Crippen molar-refractivity contribution in [3.8, 4) is 17.2 Å². The van der Waals surface area contributed by atoms with Crippen molar-refractivity contribution in [2.45, 2.75) is 19.8 Å². The monoisotopic (exact) mass is 260 g/mol. The van der Waals surface area contributed by atoms with Gasteiger partial charge in [-0.05, 0) is 24.1 Å². The molecule has 2 rings (SSSR count). The molecule has 0 unspecified atom stereocenters. The Hall–Kier alpha value is -2.50. The summed E-state index contributed by atoms with van der Waals surface area (Å²) in [5.74, 6) is 1.60. The maximum absolute atomic E-state index is 9.52. The summed E-state index contributed by atoms with van der Waals surface area (Å²) in [5, 5.41) is 9.52. The standard InChI is InChI=1S/C13H16N4O2/c1-7(2)9-5-8(18)3-4-10(9)19-11-6-16-13(15)17-12(11)14/h3-7,18H,1-2H3,(H4,14,15,16,17). The number of nitrogens with zero attached hydrogens (tertiary/aromatic N) is 2. The van der Waals surface area contributed by atoms with E-state index in [1.165, 1.54) is 6.20 Å². The predicted octanol–water partition coefficient (Wildman–Crippen LogP) is 2.26. The molecule has 0 radical (unpaired) electrons. The summed E-state index contributed by atoms with van der Waals surface area (Å²) in [4.78, 5) is 7.67. The van der Waals surface area contributed by atoms with Crippen molar-refractivity contribution in [2.24, 2.45) is 0 Å². The number of aromatic nitrogens is 2. The Morgan fingerprint density at radius 3 is 2.58 bits per heavy atom. The first-order chi connectivity index (χ1) is 8.97. The molecule has 0 saturated carbocycles. The first-order valence-corrected chi connectivity index (χ1v) is 5.86. The second kappa shape index (κ2) is 5.01. The average molecular weight is 260 g/mol. The fourth-order valence-electron chi connectivity index (χ4n) is 1.68. The number of ether oxygens (including phenoxy) is 1. The Labute approximate surface area is 111 Å². The van der Waals surface area contributed by atoms with Crippen molar-refractivity contribution in [1.29, 1.82) is 0 Å². The molecule has 0 amide bonds. The molecule has 0 aliphatic heterocycles. The van der Waals surface area contributed by atoms with Crippen LogP contribution in [0.15, 0.2) is 24.4 Å². The van der Waals surface area contributed by atoms with Crippen LogP contribution in [0, 0.1) is 0 Å². The van der Waals surface area contributed by atoms with Crippen LogP contribution in [0.25, 0.3) is 0 Å². The Morgan fingerprint density at radius 2 is 1.95 bits per heavy atom. The van der Waals surface area contributed by atoms with Crippen LogP contribution in [0.3, 0.4) is 0 Å². The van der Waals surface area contributed by atoms with Crippen molar-refractivity contribution in [3.63, 3.8) is 0 Å². The normalized spacial score (nSPS) is 10.7. The zero-order valence-electron chi connectivity index (χ0n) is 10.8. The highest BCUT2D eigenvalue weighted by atomic mass is 16.5. The number of nitrogens with two attached hydrogens (primary N) is 2. The largest absolute Gasteiger partial charge is 0.508 e. The van der Waals surface area contributed by atoms with Gasteiger partial charge >= 0.3 is 0 Å². The minimum atomic E-state index is 0.0969. The predicted molar refractivity (Wildman–Crippen MR) is 73.1 cm³/mol. The lowest BCUT2D eigenvalue weighted by molar-refractivity contribution is 0.456. The molecule has 0 atom stereocenters. The number of benzene rings is 1. The van der Waals surface area contributed by atoms with Gasteiger partial charge in [0.15, 0.2) is 11.6 Å². The van der Waals surface area contributed by atoms with Gasteiger partial charge in [-0.25, -0.2) is 4.98 Å². The molecule has 0 saturated heterocycles. The fourth-order valence-corrected chi connectivity index (χ4v) is 1.68. The lowest BCUT2D eigenvalue weighted by Gasteiger charge is -2.14. The van der Waals surface area contributed by atoms with Crippen molar-refractivity contribution >= 4 is 11.8 Å². The van der Waals surface area contributed by atoms with E-state index in [1.807, 2.05) is 13.8 Å². The first kappa shape index (κ1) is 12.9. The van der Waals surface area contributed by atoms with Gasteiger partial charge in [-0.15, -0.1) is 0 Å². The molecule has 19 heavy (non-hydrogen) atoms. The summed E-state index contributed by atoms with van der Waals surface area (Å²) < 4.78 is 5.69. The summed E-state index contributed by atoms with van der Waals surface area (Å²) in [5.41, 5.74) is 12.0. The van der Waals surface area contributed by atoms with E-state index in [0.29, 0.717) is 11.5 Å². The number of aromatic hydroxyl groups is 1. The summed E-state index contributed by atoms with van der Waals surface area (Å²) in [6.07, 6.45) is 1.43. The second-order valence-electron chi connectivity index (χ2n) is 4.46. The summed E-state index contributed by atoms with van der Waals surface area (Å²) in [7, 11) is 0. The number of phenolic OH excluding ortho intramolecular Hbond substituents is 1. The summed E-state index contributed by atoms with van der Waals surface area (Å²) in [6, 6.07) is 4.89. The summed E-state index contributed by atoms with van der Waals surface area (Å²) in [6.45, 7) is 4.01. The van der Waals surface area contributed by atoms with E-state index in [1.54, 1.807) is 18.2 Å². The molecule has 1 aromatic carbocycles. The van der Waals surface area contributed by atoms with Crippen LogP contribution in [0.1, 0.15) is 25.3 Å². The molecule has 100 valence electrons. The van der Waals surface area contributed by atoms with Crippen LogP contribution in [-0.2, 0) is 0 Å². The molecule has 5 N–H and O–H groups in total. The summed E-state index contributed by atoms with van der Waals surface area (Å²) >= 11 is 0. The number of hydrogen-bond acceptors (Lipinski definition) is 6. The number of phenols is 1. The van der Waals surface area contributed by atoms with Gasteiger partial charge in [-0.1, -0.05) is 13.8 Å². The maximum Gasteiger partial charge on any atom is 0.222 e. The van der Waals surface area contributed by atoms with E-state index >= 15 is 0 Å². The molecule has 1 heterocycles. The van der Waals surface area contributed by atoms with Crippen LogP contribution >= 0.6 is 0 Å². The highest BCUT2D eigenvalue weighted by Gasteiger charge is 2.12. The van der Waals surface area contributed by atoms with Crippen LogP contribution in [0.5, 0.6) is 17.2 Å². The second-order valence-corrected chi connectivity index (χ2v) is 4.46. The smallest absolute Gasteiger partial charge is 0.222 e. The van der Waals surface area contributed by atoms with E-state index < -0.39 is 0 Å². The Bertz CT molecular complexity index is 599. The number of hydrogen-bond donors (Lipinski definition) is 3. The molecule has 0 bridgehead atoms. The zero-order chi connectivity index (χ0) is 14.0. The highest BCUT2D eigenvalue weighted by molar-refractivity contribution is 5.51. The van der Waals surface area contributed by atoms with E-state index in [-0.39, 0.29) is 23.4 Å². The molecule has 1 aromatic heterocycles. The molecular weight excluding hydrogens is 244 g/mol. The van der Waals surface area contributed by atoms with Crippen molar-refractivity contribution in [1.82, 2.24) is 9.97 Å². The molecule has 6 heteroatoms. The highest BCUT2D eigenvalue weighted by Crippen LogP contribution is 2.34. The van der Waals surface area contributed by atoms with Crippen LogP contribution < -0.4 is 16.2 Å². The van der Waals surface area contributed by atoms with Gasteiger partial charge in [0, 0.05) is 5.56 Å². The minimum Gasteiger partial charge on any atom is -0.508 e. The molecule has 0 spiro atoms. The lowest BCUT2D eigenvalue weighted by Crippen LogP contribution is -2.02. The van der Waals surface area contributed by atoms with Gasteiger partial charge in [0.05, 0.1) is 6.20 Å². The van der Waals surface area contributed by atoms with Crippen LogP contribution in [-0.4, -0.2) is 15.1 Å². The first-order valence-electron chi connectivity index (χ1n) is 5.86. The van der Waals surface area contributed by atoms with Crippen LogP contribution in [0.4, 0.5) is 11.8 Å². The molecule has 2 aromatic rings. The maximum atomic E-state index is 9.52. The van der Waals surface area contributed by atoms with Crippen molar-refractivity contribution in [2.75, 3.05) is 11.5 Å². The Balaban J connectivity index is 2.38. The number of rotatable bonds is 3. The molecule has 0 aliphatic carbocycles. The van der Waals surface area contributed by atoms with Gasteiger partial charge < -0.3 is 21.3 Å². The third kappa shape index (κ3) is 2.85. The van der Waals surface area contributed by atoms with Crippen molar-refractivity contribution < 1.29 is 9.84 Å². The zero-order valence-corrected chi connectivity index (χ0v) is 10.8. The topological polar surface area (TPSA) is 107 Å². The number of nitrogen functional groups attached to an aromatic ring is 2. The third-order valence-corrected chi connectivity index (χ3v) is 2.64. The van der Waals surface area contributed by atoms with E-state index in [9.17, 15) is 5.11 Å².